The quantitative estimate of drug-likeness (QED) is 0.752. The molecule has 4 heteroatoms. The molecule has 0 aliphatic heterocycles. The van der Waals surface area contributed by atoms with Gasteiger partial charge in [-0.25, -0.2) is 4.68 Å². The van der Waals surface area contributed by atoms with Crippen molar-refractivity contribution in [3.05, 3.63) is 17.0 Å². The average Bonchev–Trinajstić information content (AvgIpc) is 2.40. The normalized spacial score (nSPS) is 14.1. The second-order valence-corrected chi connectivity index (χ2v) is 11.7. The first-order valence-corrected chi connectivity index (χ1v) is 10.0. The molecule has 0 aliphatic carbocycles. The highest BCUT2D eigenvalue weighted by Gasteiger charge is 2.18. The van der Waals surface area contributed by atoms with Gasteiger partial charge < -0.3 is 4.74 Å². The maximum Gasteiger partial charge on any atom is 0.139 e. The summed E-state index contributed by atoms with van der Waals surface area (Å²) in [6.45, 7) is 16.1. The second kappa shape index (κ2) is 5.36. The zero-order valence-corrected chi connectivity index (χ0v) is 13.3. The van der Waals surface area contributed by atoms with E-state index >= 15 is 0 Å². The van der Waals surface area contributed by atoms with Crippen LogP contribution in [0.25, 0.3) is 0 Å². The van der Waals surface area contributed by atoms with Crippen molar-refractivity contribution in [1.29, 1.82) is 0 Å². The lowest BCUT2D eigenvalue weighted by Crippen LogP contribution is -2.27. The largest absolute Gasteiger partial charge is 0.357 e. The summed E-state index contributed by atoms with van der Waals surface area (Å²) in [4.78, 5) is 0. The fourth-order valence-electron chi connectivity index (χ4n) is 2.03. The molecular formula is C13H26N2OSi. The van der Waals surface area contributed by atoms with Crippen LogP contribution in [0.2, 0.25) is 25.7 Å². The van der Waals surface area contributed by atoms with Gasteiger partial charge in [0.05, 0.1) is 11.8 Å². The van der Waals surface area contributed by atoms with Crippen molar-refractivity contribution >= 4 is 8.07 Å². The third-order valence-corrected chi connectivity index (χ3v) is 4.92. The van der Waals surface area contributed by atoms with Crippen LogP contribution in [0.5, 0.6) is 0 Å². The second-order valence-electron chi connectivity index (χ2n) is 6.17. The molecule has 17 heavy (non-hydrogen) atoms. The molecule has 1 rings (SSSR count). The van der Waals surface area contributed by atoms with Crippen LogP contribution < -0.4 is 0 Å². The van der Waals surface area contributed by atoms with E-state index in [-0.39, 0.29) is 0 Å². The molecule has 1 atom stereocenters. The molecular weight excluding hydrogens is 228 g/mol. The first kappa shape index (κ1) is 14.4. The van der Waals surface area contributed by atoms with E-state index in [4.69, 9.17) is 4.74 Å². The highest BCUT2D eigenvalue weighted by molar-refractivity contribution is 6.76. The van der Waals surface area contributed by atoms with Crippen molar-refractivity contribution in [2.45, 2.75) is 66.2 Å². The summed E-state index contributed by atoms with van der Waals surface area (Å²) < 4.78 is 7.85. The molecule has 0 radical (unpaired) electrons. The van der Waals surface area contributed by atoms with Crippen LogP contribution in [-0.2, 0) is 11.5 Å². The third-order valence-electron chi connectivity index (χ3n) is 3.12. The van der Waals surface area contributed by atoms with Gasteiger partial charge in [-0.3, -0.25) is 0 Å². The minimum atomic E-state index is -1.03. The van der Waals surface area contributed by atoms with Crippen LogP contribution in [0.1, 0.15) is 23.9 Å². The van der Waals surface area contributed by atoms with Gasteiger partial charge in [-0.2, -0.15) is 5.10 Å². The molecule has 0 bridgehead atoms. The Labute approximate surface area is 106 Å². The minimum Gasteiger partial charge on any atom is -0.357 e. The number of rotatable bonds is 5. The molecule has 3 nitrogen and oxygen atoms in total. The van der Waals surface area contributed by atoms with E-state index in [1.165, 1.54) is 17.3 Å². The van der Waals surface area contributed by atoms with Gasteiger partial charge in [0.25, 0.3) is 0 Å². The summed E-state index contributed by atoms with van der Waals surface area (Å²) in [7, 11) is -1.03. The Morgan fingerprint density at radius 1 is 1.24 bits per heavy atom. The Balaban J connectivity index is 2.53. The van der Waals surface area contributed by atoms with Crippen LogP contribution >= 0.6 is 0 Å². The topological polar surface area (TPSA) is 27.1 Å². The van der Waals surface area contributed by atoms with Crippen LogP contribution in [0.4, 0.5) is 0 Å². The van der Waals surface area contributed by atoms with Gasteiger partial charge in [0.15, 0.2) is 0 Å². The minimum absolute atomic E-state index is 0.325. The molecule has 0 saturated heterocycles. The summed E-state index contributed by atoms with van der Waals surface area (Å²) in [5, 5.41) is 4.48. The Kier molecular flexibility index (Phi) is 4.55. The van der Waals surface area contributed by atoms with Crippen molar-refractivity contribution in [2.75, 3.05) is 0 Å². The van der Waals surface area contributed by atoms with Crippen LogP contribution in [0.3, 0.4) is 0 Å². The molecule has 98 valence electrons. The molecule has 0 spiro atoms. The fraction of sp³-hybridized carbons (Fsp3) is 0.769. The number of aryl methyl sites for hydroxylation is 1. The van der Waals surface area contributed by atoms with E-state index in [0.29, 0.717) is 12.8 Å². The lowest BCUT2D eigenvalue weighted by Gasteiger charge is -2.21. The maximum absolute atomic E-state index is 5.89. The van der Waals surface area contributed by atoms with Crippen molar-refractivity contribution < 1.29 is 4.74 Å². The monoisotopic (exact) mass is 254 g/mol. The molecule has 1 aromatic rings. The van der Waals surface area contributed by atoms with E-state index in [9.17, 15) is 0 Å². The smallest absolute Gasteiger partial charge is 0.139 e. The van der Waals surface area contributed by atoms with E-state index in [0.717, 1.165) is 5.69 Å². The van der Waals surface area contributed by atoms with Crippen molar-refractivity contribution in [3.8, 4) is 0 Å². The summed E-state index contributed by atoms with van der Waals surface area (Å²) in [6, 6.07) is 1.20. The molecule has 0 aliphatic rings. The Hall–Kier alpha value is -0.613. The summed E-state index contributed by atoms with van der Waals surface area (Å²) in [5.41, 5.74) is 3.58. The Bertz CT molecular complexity index is 380. The predicted molar refractivity (Wildman–Crippen MR) is 75.1 cm³/mol. The van der Waals surface area contributed by atoms with E-state index in [1.54, 1.807) is 0 Å². The lowest BCUT2D eigenvalue weighted by molar-refractivity contribution is 0.0202. The van der Waals surface area contributed by atoms with E-state index in [1.807, 2.05) is 11.6 Å². The average molecular weight is 254 g/mol. The van der Waals surface area contributed by atoms with Crippen LogP contribution in [0, 0.1) is 20.8 Å². The van der Waals surface area contributed by atoms with Crippen molar-refractivity contribution in [3.63, 3.8) is 0 Å². The third kappa shape index (κ3) is 4.28. The molecule has 0 fully saturated rings. The first-order chi connectivity index (χ1) is 7.70. The zero-order chi connectivity index (χ0) is 13.2. The molecule has 0 N–H and O–H groups in total. The molecule has 1 unspecified atom stereocenters. The lowest BCUT2D eigenvalue weighted by atomic mass is 10.2. The molecule has 0 aromatic carbocycles. The Morgan fingerprint density at radius 2 is 1.82 bits per heavy atom. The van der Waals surface area contributed by atoms with Gasteiger partial charge in [-0.1, -0.05) is 19.6 Å². The molecule has 0 saturated carbocycles. The van der Waals surface area contributed by atoms with Crippen molar-refractivity contribution in [2.24, 2.45) is 0 Å². The van der Waals surface area contributed by atoms with Gasteiger partial charge >= 0.3 is 0 Å². The SMILES string of the molecule is Cc1nn(COC(C)C[Si](C)(C)C)c(C)c1C. The van der Waals surface area contributed by atoms with Crippen LogP contribution in [0.15, 0.2) is 0 Å². The first-order valence-electron chi connectivity index (χ1n) is 6.33. The highest BCUT2D eigenvalue weighted by Crippen LogP contribution is 2.15. The number of hydrogen-bond donors (Lipinski definition) is 0. The zero-order valence-electron chi connectivity index (χ0n) is 12.3. The molecule has 1 aromatic heterocycles. The van der Waals surface area contributed by atoms with Gasteiger partial charge in [0, 0.05) is 13.8 Å². The highest BCUT2D eigenvalue weighted by atomic mass is 28.3. The molecule has 1 heterocycles. The number of aromatic nitrogens is 2. The standard InChI is InChI=1S/C13H26N2OSi/c1-10(8-17(5,6)7)16-9-15-13(4)11(2)12(3)14-15/h10H,8-9H2,1-7H3. The van der Waals surface area contributed by atoms with Gasteiger partial charge in [-0.05, 0) is 39.3 Å². The number of nitrogens with zero attached hydrogens (tertiary/aromatic N) is 2. The number of ether oxygens (including phenoxy) is 1. The van der Waals surface area contributed by atoms with Crippen molar-refractivity contribution in [1.82, 2.24) is 9.78 Å². The van der Waals surface area contributed by atoms with Crippen LogP contribution in [-0.4, -0.2) is 24.0 Å². The Morgan fingerprint density at radius 3 is 2.24 bits per heavy atom. The van der Waals surface area contributed by atoms with Gasteiger partial charge in [-0.15, -0.1) is 0 Å². The summed E-state index contributed by atoms with van der Waals surface area (Å²) in [6.07, 6.45) is 0.325. The fourth-order valence-corrected chi connectivity index (χ4v) is 3.87. The summed E-state index contributed by atoms with van der Waals surface area (Å²) >= 11 is 0. The maximum atomic E-state index is 5.89. The van der Waals surface area contributed by atoms with E-state index in [2.05, 4.69) is 45.5 Å². The van der Waals surface area contributed by atoms with Gasteiger partial charge in [0.2, 0.25) is 0 Å². The summed E-state index contributed by atoms with van der Waals surface area (Å²) in [5.74, 6) is 0. The molecule has 0 amide bonds. The van der Waals surface area contributed by atoms with Gasteiger partial charge in [0.1, 0.15) is 6.73 Å². The predicted octanol–water partition coefficient (Wildman–Crippen LogP) is 3.51. The number of hydrogen-bond acceptors (Lipinski definition) is 2. The van der Waals surface area contributed by atoms with E-state index < -0.39 is 8.07 Å².